The molecule has 1 aromatic heterocycles. The minimum Gasteiger partial charge on any atom is -0.467 e. The van der Waals surface area contributed by atoms with Crippen LogP contribution in [0.1, 0.15) is 30.7 Å². The molecule has 0 aliphatic rings. The number of nitrogens with one attached hydrogen (secondary N) is 3. The second kappa shape index (κ2) is 11.3. The van der Waals surface area contributed by atoms with E-state index in [0.29, 0.717) is 19.0 Å². The Labute approximate surface area is 178 Å². The van der Waals surface area contributed by atoms with Gasteiger partial charge in [-0.1, -0.05) is 24.3 Å². The lowest BCUT2D eigenvalue weighted by Gasteiger charge is -2.15. The molecule has 0 spiro atoms. The first-order valence-corrected chi connectivity index (χ1v) is 10.1. The van der Waals surface area contributed by atoms with Crippen molar-refractivity contribution >= 4 is 40.0 Å². The molecule has 0 radical (unpaired) electrons. The number of hydrogen-bond acceptors (Lipinski definition) is 4. The number of guanidine groups is 1. The third-order valence-corrected chi connectivity index (χ3v) is 5.08. The summed E-state index contributed by atoms with van der Waals surface area (Å²) in [6.45, 7) is 4.59. The molecule has 2 aromatic rings. The Hall–Kier alpha value is -1.59. The van der Waals surface area contributed by atoms with Gasteiger partial charge in [0.2, 0.25) is 10.0 Å². The Morgan fingerprint density at radius 2 is 1.74 bits per heavy atom. The first-order chi connectivity index (χ1) is 12.4. The third kappa shape index (κ3) is 8.31. The highest BCUT2D eigenvalue weighted by Gasteiger charge is 2.15. The predicted octanol–water partition coefficient (Wildman–Crippen LogP) is 2.59. The van der Waals surface area contributed by atoms with Crippen LogP contribution in [0.25, 0.3) is 0 Å². The van der Waals surface area contributed by atoms with Crippen molar-refractivity contribution in [3.63, 3.8) is 0 Å². The second-order valence-electron chi connectivity index (χ2n) is 6.16. The molecule has 1 heterocycles. The quantitative estimate of drug-likeness (QED) is 0.291. The zero-order valence-electron chi connectivity index (χ0n) is 15.7. The normalized spacial score (nSPS) is 11.9. The van der Waals surface area contributed by atoms with Crippen LogP contribution in [0.15, 0.2) is 52.1 Å². The summed E-state index contributed by atoms with van der Waals surface area (Å²) in [7, 11) is -1.70. The SMILES string of the molecule is CN=C(NCc1ccco1)NCc1ccccc1CS(=O)(=O)NC(C)C.I. The van der Waals surface area contributed by atoms with E-state index in [9.17, 15) is 8.42 Å². The van der Waals surface area contributed by atoms with Gasteiger partial charge in [-0.2, -0.15) is 0 Å². The zero-order valence-corrected chi connectivity index (χ0v) is 18.9. The molecular formula is C18H27IN4O3S. The Bertz CT molecular complexity index is 821. The standard InChI is InChI=1S/C18H26N4O3S.HI/c1-14(2)22-26(23,24)13-16-8-5-4-7-15(16)11-20-18(19-3)21-12-17-9-6-10-25-17;/h4-10,14,22H,11-13H2,1-3H3,(H2,19,20,21);1H. The summed E-state index contributed by atoms with van der Waals surface area (Å²) < 4.78 is 32.3. The van der Waals surface area contributed by atoms with Crippen molar-refractivity contribution in [2.45, 2.75) is 38.7 Å². The highest BCUT2D eigenvalue weighted by Crippen LogP contribution is 2.12. The van der Waals surface area contributed by atoms with Crippen LogP contribution in [0.3, 0.4) is 0 Å². The topological polar surface area (TPSA) is 95.7 Å². The molecular weight excluding hydrogens is 479 g/mol. The van der Waals surface area contributed by atoms with Gasteiger partial charge in [0.05, 0.1) is 18.6 Å². The molecule has 1 aromatic carbocycles. The average Bonchev–Trinajstić information content (AvgIpc) is 3.08. The maximum Gasteiger partial charge on any atom is 0.216 e. The van der Waals surface area contributed by atoms with Gasteiger partial charge in [0.15, 0.2) is 5.96 Å². The fourth-order valence-electron chi connectivity index (χ4n) is 2.46. The molecule has 0 atom stereocenters. The van der Waals surface area contributed by atoms with E-state index in [1.807, 2.05) is 36.4 Å². The molecule has 0 aliphatic heterocycles. The molecule has 9 heteroatoms. The van der Waals surface area contributed by atoms with Crippen molar-refractivity contribution in [1.29, 1.82) is 0 Å². The number of rotatable bonds is 8. The third-order valence-electron chi connectivity index (χ3n) is 3.56. The van der Waals surface area contributed by atoms with Gasteiger partial charge in [0.25, 0.3) is 0 Å². The Balaban J connectivity index is 0.00000364. The van der Waals surface area contributed by atoms with Crippen molar-refractivity contribution in [3.05, 3.63) is 59.5 Å². The van der Waals surface area contributed by atoms with Crippen LogP contribution < -0.4 is 15.4 Å². The number of benzene rings is 1. The monoisotopic (exact) mass is 506 g/mol. The van der Waals surface area contributed by atoms with Gasteiger partial charge in [-0.15, -0.1) is 24.0 Å². The summed E-state index contributed by atoms with van der Waals surface area (Å²) in [6, 6.07) is 11.0. The number of hydrogen-bond donors (Lipinski definition) is 3. The van der Waals surface area contributed by atoms with Crippen LogP contribution in [0.4, 0.5) is 0 Å². The molecule has 0 unspecified atom stereocenters. The minimum atomic E-state index is -3.38. The van der Waals surface area contributed by atoms with Crippen molar-refractivity contribution in [1.82, 2.24) is 15.4 Å². The fraction of sp³-hybridized carbons (Fsp3) is 0.389. The van der Waals surface area contributed by atoms with Crippen molar-refractivity contribution in [3.8, 4) is 0 Å². The molecule has 7 nitrogen and oxygen atoms in total. The van der Waals surface area contributed by atoms with Gasteiger partial charge in [-0.3, -0.25) is 4.99 Å². The number of aliphatic imine (C=N–C) groups is 1. The lowest BCUT2D eigenvalue weighted by molar-refractivity contribution is 0.501. The molecule has 0 bridgehead atoms. The van der Waals surface area contributed by atoms with Gasteiger partial charge in [0, 0.05) is 19.6 Å². The van der Waals surface area contributed by atoms with E-state index in [0.717, 1.165) is 16.9 Å². The highest BCUT2D eigenvalue weighted by molar-refractivity contribution is 14.0. The number of sulfonamides is 1. The number of furan rings is 1. The molecule has 3 N–H and O–H groups in total. The van der Waals surface area contributed by atoms with E-state index in [1.165, 1.54) is 0 Å². The van der Waals surface area contributed by atoms with Crippen LogP contribution >= 0.6 is 24.0 Å². The minimum absolute atomic E-state index is 0. The van der Waals surface area contributed by atoms with Gasteiger partial charge in [-0.25, -0.2) is 13.1 Å². The van der Waals surface area contributed by atoms with E-state index < -0.39 is 10.0 Å². The van der Waals surface area contributed by atoms with Crippen molar-refractivity contribution < 1.29 is 12.8 Å². The molecule has 0 amide bonds. The van der Waals surface area contributed by atoms with Crippen molar-refractivity contribution in [2.24, 2.45) is 4.99 Å². The fourth-order valence-corrected chi connectivity index (χ4v) is 3.95. The smallest absolute Gasteiger partial charge is 0.216 e. The van der Waals surface area contributed by atoms with E-state index in [2.05, 4.69) is 20.3 Å². The zero-order chi connectivity index (χ0) is 19.0. The van der Waals surface area contributed by atoms with E-state index in [1.54, 1.807) is 27.2 Å². The van der Waals surface area contributed by atoms with E-state index in [-0.39, 0.29) is 35.8 Å². The van der Waals surface area contributed by atoms with Gasteiger partial charge in [-0.05, 0) is 37.1 Å². The van der Waals surface area contributed by atoms with Crippen molar-refractivity contribution in [2.75, 3.05) is 7.05 Å². The predicted molar refractivity (Wildman–Crippen MR) is 118 cm³/mol. The van der Waals surface area contributed by atoms with Crippen LogP contribution in [-0.4, -0.2) is 27.5 Å². The summed E-state index contributed by atoms with van der Waals surface area (Å²) in [5.41, 5.74) is 1.66. The summed E-state index contributed by atoms with van der Waals surface area (Å²) in [5.74, 6) is 1.36. The highest BCUT2D eigenvalue weighted by atomic mass is 127. The first kappa shape index (κ1) is 23.4. The summed E-state index contributed by atoms with van der Waals surface area (Å²) >= 11 is 0. The summed E-state index contributed by atoms with van der Waals surface area (Å²) in [5, 5.41) is 6.35. The summed E-state index contributed by atoms with van der Waals surface area (Å²) in [6.07, 6.45) is 1.62. The van der Waals surface area contributed by atoms with E-state index in [4.69, 9.17) is 4.42 Å². The molecule has 150 valence electrons. The Morgan fingerprint density at radius 3 is 2.33 bits per heavy atom. The second-order valence-corrected chi connectivity index (χ2v) is 7.91. The maximum atomic E-state index is 12.2. The summed E-state index contributed by atoms with van der Waals surface area (Å²) in [4.78, 5) is 4.17. The van der Waals surface area contributed by atoms with Crippen LogP contribution in [0, 0.1) is 0 Å². The lowest BCUT2D eigenvalue weighted by atomic mass is 10.1. The Morgan fingerprint density at radius 1 is 1.07 bits per heavy atom. The first-order valence-electron chi connectivity index (χ1n) is 8.43. The van der Waals surface area contributed by atoms with Gasteiger partial charge >= 0.3 is 0 Å². The number of nitrogens with zero attached hydrogens (tertiary/aromatic N) is 1. The van der Waals surface area contributed by atoms with Crippen LogP contribution in [0.2, 0.25) is 0 Å². The molecule has 0 fully saturated rings. The molecule has 0 aliphatic carbocycles. The largest absolute Gasteiger partial charge is 0.467 e. The molecule has 0 saturated heterocycles. The van der Waals surface area contributed by atoms with Gasteiger partial charge < -0.3 is 15.1 Å². The average molecular weight is 506 g/mol. The van der Waals surface area contributed by atoms with Gasteiger partial charge in [0.1, 0.15) is 5.76 Å². The van der Waals surface area contributed by atoms with Crippen LogP contribution in [-0.2, 0) is 28.9 Å². The van der Waals surface area contributed by atoms with E-state index >= 15 is 0 Å². The Kier molecular flexibility index (Phi) is 9.81. The molecule has 0 saturated carbocycles. The molecule has 2 rings (SSSR count). The van der Waals surface area contributed by atoms with Crippen LogP contribution in [0.5, 0.6) is 0 Å². The molecule has 27 heavy (non-hydrogen) atoms. The lowest BCUT2D eigenvalue weighted by Crippen LogP contribution is -2.36. The maximum absolute atomic E-state index is 12.2. The number of halogens is 1.